The van der Waals surface area contributed by atoms with Crippen molar-refractivity contribution in [2.24, 2.45) is 4.99 Å². The summed E-state index contributed by atoms with van der Waals surface area (Å²) in [6.45, 7) is 7.48. The third kappa shape index (κ3) is 6.93. The van der Waals surface area contributed by atoms with Crippen molar-refractivity contribution in [3.05, 3.63) is 0 Å². The second-order valence-corrected chi connectivity index (χ2v) is 5.84. The summed E-state index contributed by atoms with van der Waals surface area (Å²) in [5, 5.41) is 6.73. The molecule has 1 amide bonds. The van der Waals surface area contributed by atoms with Crippen LogP contribution < -0.4 is 10.6 Å². The van der Waals surface area contributed by atoms with Crippen LogP contribution in [0.2, 0.25) is 0 Å². The fourth-order valence-corrected chi connectivity index (χ4v) is 2.46. The Labute approximate surface area is 132 Å². The van der Waals surface area contributed by atoms with Gasteiger partial charge in [-0.05, 0) is 32.9 Å². The number of thioether (sulfide) groups is 1. The molecule has 122 valence electrons. The molecule has 1 fully saturated rings. The van der Waals surface area contributed by atoms with Gasteiger partial charge in [0.15, 0.2) is 5.96 Å². The maximum absolute atomic E-state index is 11.6. The number of rotatable bonds is 6. The molecule has 6 nitrogen and oxygen atoms in total. The van der Waals surface area contributed by atoms with Crippen molar-refractivity contribution in [3.8, 4) is 0 Å². The largest absolute Gasteiger partial charge is 0.450 e. The highest BCUT2D eigenvalue weighted by Gasteiger charge is 2.23. The van der Waals surface area contributed by atoms with Gasteiger partial charge in [0, 0.05) is 31.4 Å². The maximum atomic E-state index is 11.6. The van der Waals surface area contributed by atoms with Crippen LogP contribution in [-0.4, -0.2) is 67.8 Å². The predicted molar refractivity (Wildman–Crippen MR) is 89.1 cm³/mol. The zero-order chi connectivity index (χ0) is 15.5. The van der Waals surface area contributed by atoms with E-state index in [1.165, 1.54) is 0 Å². The number of hydrogen-bond donors (Lipinski definition) is 2. The van der Waals surface area contributed by atoms with E-state index >= 15 is 0 Å². The van der Waals surface area contributed by atoms with Gasteiger partial charge in [-0.25, -0.2) is 4.79 Å². The van der Waals surface area contributed by atoms with Gasteiger partial charge in [-0.2, -0.15) is 11.8 Å². The number of nitrogens with one attached hydrogen (secondary N) is 2. The average molecular weight is 316 g/mol. The quantitative estimate of drug-likeness (QED) is 0.442. The molecule has 7 heteroatoms. The molecule has 2 N–H and O–H groups in total. The van der Waals surface area contributed by atoms with E-state index in [0.29, 0.717) is 12.6 Å². The Balaban J connectivity index is 2.38. The Morgan fingerprint density at radius 1 is 1.38 bits per heavy atom. The summed E-state index contributed by atoms with van der Waals surface area (Å²) < 4.78 is 5.03. The normalized spacial score (nSPS) is 16.7. The molecular formula is C14H28N4O2S. The second-order valence-electron chi connectivity index (χ2n) is 4.86. The van der Waals surface area contributed by atoms with Gasteiger partial charge < -0.3 is 20.3 Å². The number of piperidine rings is 1. The number of likely N-dealkylation sites (tertiary alicyclic amines) is 1. The Morgan fingerprint density at radius 2 is 2.10 bits per heavy atom. The van der Waals surface area contributed by atoms with Crippen LogP contribution in [0.4, 0.5) is 4.79 Å². The zero-order valence-electron chi connectivity index (χ0n) is 13.4. The highest BCUT2D eigenvalue weighted by Crippen LogP contribution is 2.11. The summed E-state index contributed by atoms with van der Waals surface area (Å²) in [7, 11) is 0. The molecule has 21 heavy (non-hydrogen) atoms. The smallest absolute Gasteiger partial charge is 0.409 e. The summed E-state index contributed by atoms with van der Waals surface area (Å²) in [6.07, 6.45) is 3.73. The minimum Gasteiger partial charge on any atom is -0.450 e. The molecule has 0 aromatic rings. The molecule has 1 saturated heterocycles. The summed E-state index contributed by atoms with van der Waals surface area (Å²) in [5.41, 5.74) is 0. The molecule has 1 rings (SSSR count). The number of ether oxygens (including phenoxy) is 1. The second kappa shape index (κ2) is 10.6. The molecule has 0 spiro atoms. The van der Waals surface area contributed by atoms with Crippen molar-refractivity contribution in [1.29, 1.82) is 0 Å². The summed E-state index contributed by atoms with van der Waals surface area (Å²) in [6, 6.07) is 0.364. The van der Waals surface area contributed by atoms with E-state index < -0.39 is 0 Å². The maximum Gasteiger partial charge on any atom is 0.409 e. The molecule has 0 aliphatic carbocycles. The molecule has 1 aliphatic heterocycles. The molecular weight excluding hydrogens is 288 g/mol. The lowest BCUT2D eigenvalue weighted by molar-refractivity contribution is 0.0963. The first-order valence-corrected chi connectivity index (χ1v) is 9.06. The number of nitrogens with zero attached hydrogens (tertiary/aromatic N) is 2. The van der Waals surface area contributed by atoms with E-state index in [4.69, 9.17) is 4.74 Å². The van der Waals surface area contributed by atoms with Crippen LogP contribution >= 0.6 is 11.8 Å². The first kappa shape index (κ1) is 17.9. The van der Waals surface area contributed by atoms with Gasteiger partial charge >= 0.3 is 6.09 Å². The van der Waals surface area contributed by atoms with Crippen LogP contribution in [0.1, 0.15) is 26.7 Å². The molecule has 0 saturated carbocycles. The predicted octanol–water partition coefficient (Wildman–Crippen LogP) is 1.53. The summed E-state index contributed by atoms with van der Waals surface area (Å²) in [5.74, 6) is 1.90. The van der Waals surface area contributed by atoms with Gasteiger partial charge in [0.05, 0.1) is 13.2 Å². The lowest BCUT2D eigenvalue weighted by atomic mass is 10.1. The molecule has 0 unspecified atom stereocenters. The summed E-state index contributed by atoms with van der Waals surface area (Å²) in [4.78, 5) is 18.0. The lowest BCUT2D eigenvalue weighted by Crippen LogP contribution is -2.50. The standard InChI is InChI=1S/C14H28N4O2S/c1-4-15-13(16-8-11-21-3)17-12-6-9-18(10-7-12)14(19)20-5-2/h12H,4-11H2,1-3H3,(H2,15,16,17). The van der Waals surface area contributed by atoms with Crippen molar-refractivity contribution < 1.29 is 9.53 Å². The zero-order valence-corrected chi connectivity index (χ0v) is 14.2. The van der Waals surface area contributed by atoms with E-state index in [2.05, 4.69) is 28.8 Å². The van der Waals surface area contributed by atoms with E-state index in [-0.39, 0.29) is 6.09 Å². The molecule has 0 bridgehead atoms. The van der Waals surface area contributed by atoms with E-state index in [1.807, 2.05) is 6.92 Å². The molecule has 0 aromatic carbocycles. The van der Waals surface area contributed by atoms with E-state index in [9.17, 15) is 4.79 Å². The van der Waals surface area contributed by atoms with Crippen molar-refractivity contribution in [1.82, 2.24) is 15.5 Å². The van der Waals surface area contributed by atoms with Gasteiger partial charge in [-0.15, -0.1) is 0 Å². The number of guanidine groups is 1. The fraction of sp³-hybridized carbons (Fsp3) is 0.857. The minimum absolute atomic E-state index is 0.198. The molecule has 1 heterocycles. The topological polar surface area (TPSA) is 66.0 Å². The van der Waals surface area contributed by atoms with Crippen LogP contribution in [0, 0.1) is 0 Å². The van der Waals surface area contributed by atoms with Crippen molar-refractivity contribution in [2.75, 3.05) is 44.8 Å². The van der Waals surface area contributed by atoms with Gasteiger partial charge in [0.2, 0.25) is 0 Å². The third-order valence-corrected chi connectivity index (χ3v) is 3.86. The van der Waals surface area contributed by atoms with E-state index in [0.717, 1.165) is 50.7 Å². The number of hydrogen-bond acceptors (Lipinski definition) is 4. The lowest BCUT2D eigenvalue weighted by Gasteiger charge is -2.32. The van der Waals surface area contributed by atoms with Gasteiger partial charge in [0.25, 0.3) is 0 Å². The minimum atomic E-state index is -0.198. The Bertz CT molecular complexity index is 331. The number of carbonyl (C=O) groups is 1. The van der Waals surface area contributed by atoms with Crippen LogP contribution in [-0.2, 0) is 4.74 Å². The van der Waals surface area contributed by atoms with Crippen molar-refractivity contribution >= 4 is 23.8 Å². The SMILES string of the molecule is CCNC(=NCCSC)NC1CCN(C(=O)OCC)CC1. The van der Waals surface area contributed by atoms with Crippen LogP contribution in [0.5, 0.6) is 0 Å². The summed E-state index contributed by atoms with van der Waals surface area (Å²) >= 11 is 1.80. The number of carbonyl (C=O) groups excluding carboxylic acids is 1. The first-order chi connectivity index (χ1) is 10.2. The number of aliphatic imine (C=N–C) groups is 1. The van der Waals surface area contributed by atoms with Crippen molar-refractivity contribution in [3.63, 3.8) is 0 Å². The Morgan fingerprint density at radius 3 is 2.67 bits per heavy atom. The monoisotopic (exact) mass is 316 g/mol. The fourth-order valence-electron chi connectivity index (χ4n) is 2.18. The van der Waals surface area contributed by atoms with Crippen molar-refractivity contribution in [2.45, 2.75) is 32.7 Å². The van der Waals surface area contributed by atoms with Crippen LogP contribution in [0.25, 0.3) is 0 Å². The molecule has 0 atom stereocenters. The van der Waals surface area contributed by atoms with Crippen LogP contribution in [0.3, 0.4) is 0 Å². The Hall–Kier alpha value is -1.11. The highest BCUT2D eigenvalue weighted by molar-refractivity contribution is 7.98. The number of amides is 1. The third-order valence-electron chi connectivity index (χ3n) is 3.27. The molecule has 1 aliphatic rings. The van der Waals surface area contributed by atoms with E-state index in [1.54, 1.807) is 16.7 Å². The van der Waals surface area contributed by atoms with Crippen LogP contribution in [0.15, 0.2) is 4.99 Å². The average Bonchev–Trinajstić information content (AvgIpc) is 2.48. The molecule has 0 radical (unpaired) electrons. The van der Waals surface area contributed by atoms with Gasteiger partial charge in [-0.3, -0.25) is 4.99 Å². The van der Waals surface area contributed by atoms with Gasteiger partial charge in [0.1, 0.15) is 0 Å². The van der Waals surface area contributed by atoms with Gasteiger partial charge in [-0.1, -0.05) is 0 Å². The highest BCUT2D eigenvalue weighted by atomic mass is 32.2. The molecule has 0 aromatic heterocycles. The first-order valence-electron chi connectivity index (χ1n) is 7.66. The Kier molecular flexibility index (Phi) is 9.05.